The van der Waals surface area contributed by atoms with Gasteiger partial charge in [0.05, 0.1) is 0 Å². The van der Waals surface area contributed by atoms with Crippen LogP contribution in [0.25, 0.3) is 0 Å². The van der Waals surface area contributed by atoms with E-state index < -0.39 is 0 Å². The number of hydrogen-bond acceptors (Lipinski definition) is 2. The highest BCUT2D eigenvalue weighted by Gasteiger charge is 2.52. The molecule has 0 spiro atoms. The van der Waals surface area contributed by atoms with Gasteiger partial charge in [-0.05, 0) is 54.1 Å². The summed E-state index contributed by atoms with van der Waals surface area (Å²) in [5.74, 6) is 2.10. The van der Waals surface area contributed by atoms with Crippen molar-refractivity contribution in [3.63, 3.8) is 0 Å². The molecule has 1 fully saturated rings. The Bertz CT molecular complexity index is 570. The zero-order valence-electron chi connectivity index (χ0n) is 14.3. The van der Waals surface area contributed by atoms with Crippen LogP contribution in [0.5, 0.6) is 0 Å². The molecule has 0 bridgehead atoms. The molecule has 0 aromatic heterocycles. The van der Waals surface area contributed by atoms with Gasteiger partial charge in [-0.15, -0.1) is 0 Å². The van der Waals surface area contributed by atoms with Crippen molar-refractivity contribution in [2.24, 2.45) is 28.6 Å². The molecular formula is C20H28O2. The monoisotopic (exact) mass is 300 g/mol. The summed E-state index contributed by atoms with van der Waals surface area (Å²) < 4.78 is 0. The maximum Gasteiger partial charge on any atom is 0.156 e. The van der Waals surface area contributed by atoms with Crippen LogP contribution in [0.3, 0.4) is 0 Å². The number of carbonyl (C=O) groups excluding carboxylic acids is 2. The van der Waals surface area contributed by atoms with Crippen molar-refractivity contribution in [3.05, 3.63) is 23.8 Å². The number of Topliss-reactive ketones (excluding diaryl/α,β-unsaturated/α-hetero) is 1. The van der Waals surface area contributed by atoms with Crippen LogP contribution in [-0.2, 0) is 9.59 Å². The lowest BCUT2D eigenvalue weighted by Gasteiger charge is -2.49. The summed E-state index contributed by atoms with van der Waals surface area (Å²) >= 11 is 0. The number of rotatable bonds is 2. The van der Waals surface area contributed by atoms with Gasteiger partial charge in [-0.3, -0.25) is 9.59 Å². The first-order chi connectivity index (χ1) is 10.3. The van der Waals surface area contributed by atoms with Crippen molar-refractivity contribution < 1.29 is 9.59 Å². The van der Waals surface area contributed by atoms with E-state index >= 15 is 0 Å². The largest absolute Gasteiger partial charge is 0.299 e. The van der Waals surface area contributed by atoms with Crippen molar-refractivity contribution >= 4 is 11.6 Å². The Hall–Kier alpha value is -1.18. The van der Waals surface area contributed by atoms with Crippen molar-refractivity contribution in [2.75, 3.05) is 0 Å². The average molecular weight is 300 g/mol. The minimum Gasteiger partial charge on any atom is -0.299 e. The van der Waals surface area contributed by atoms with Crippen LogP contribution in [0.15, 0.2) is 23.8 Å². The molecular weight excluding hydrogens is 272 g/mol. The predicted octanol–water partition coefficient (Wildman–Crippen LogP) is 4.50. The molecule has 0 saturated heterocycles. The highest BCUT2D eigenvalue weighted by Crippen LogP contribution is 2.56. The van der Waals surface area contributed by atoms with E-state index in [1.54, 1.807) is 0 Å². The molecule has 2 heteroatoms. The number of ketones is 2. The number of fused-ring (bicyclic) bond motifs is 1. The van der Waals surface area contributed by atoms with E-state index in [-0.39, 0.29) is 16.6 Å². The second kappa shape index (κ2) is 5.18. The Morgan fingerprint density at radius 1 is 1.23 bits per heavy atom. The lowest BCUT2D eigenvalue weighted by molar-refractivity contribution is -0.127. The molecule has 0 aromatic rings. The fraction of sp³-hybridized carbons (Fsp3) is 0.700. The number of carbonyl (C=O) groups is 2. The molecule has 0 aromatic carbocycles. The second-order valence-corrected chi connectivity index (χ2v) is 8.05. The number of allylic oxidation sites excluding steroid dienone is 4. The minimum absolute atomic E-state index is 0.0909. The van der Waals surface area contributed by atoms with Gasteiger partial charge in [0.25, 0.3) is 0 Å². The lowest BCUT2D eigenvalue weighted by atomic mass is 9.55. The van der Waals surface area contributed by atoms with Gasteiger partial charge in [0, 0.05) is 18.3 Å². The van der Waals surface area contributed by atoms with Gasteiger partial charge in [0.2, 0.25) is 0 Å². The fourth-order valence-electron chi connectivity index (χ4n) is 5.13. The topological polar surface area (TPSA) is 34.1 Å². The fourth-order valence-corrected chi connectivity index (χ4v) is 5.13. The molecule has 3 rings (SSSR count). The summed E-state index contributed by atoms with van der Waals surface area (Å²) in [5.41, 5.74) is 1.13. The van der Waals surface area contributed by atoms with Crippen LogP contribution in [0.4, 0.5) is 0 Å². The zero-order valence-corrected chi connectivity index (χ0v) is 14.3. The Kier molecular flexibility index (Phi) is 3.70. The van der Waals surface area contributed by atoms with E-state index in [0.717, 1.165) is 25.7 Å². The van der Waals surface area contributed by atoms with Crippen LogP contribution in [0, 0.1) is 28.6 Å². The van der Waals surface area contributed by atoms with Crippen LogP contribution < -0.4 is 0 Å². The molecule has 3 aliphatic carbocycles. The first-order valence-electron chi connectivity index (χ1n) is 8.79. The van der Waals surface area contributed by atoms with Gasteiger partial charge in [-0.2, -0.15) is 0 Å². The van der Waals surface area contributed by atoms with E-state index in [1.807, 2.05) is 6.08 Å². The Labute approximate surface area is 134 Å². The standard InChI is InChI=1S/C20H28O2/c1-5-19(3)17(8-9-18(19)22)16-7-6-14-12-15(21)10-11-20(14,4)13(16)2/h6-7,12-13,16-17H,5,8-11H2,1-4H3. The van der Waals surface area contributed by atoms with Crippen molar-refractivity contribution in [1.82, 2.24) is 0 Å². The van der Waals surface area contributed by atoms with Gasteiger partial charge < -0.3 is 0 Å². The van der Waals surface area contributed by atoms with Crippen LogP contribution in [0.2, 0.25) is 0 Å². The molecule has 3 aliphatic rings. The van der Waals surface area contributed by atoms with Gasteiger partial charge in [-0.25, -0.2) is 0 Å². The molecule has 0 heterocycles. The molecule has 22 heavy (non-hydrogen) atoms. The van der Waals surface area contributed by atoms with E-state index in [9.17, 15) is 9.59 Å². The van der Waals surface area contributed by atoms with Crippen molar-refractivity contribution in [2.45, 2.75) is 59.8 Å². The number of hydrogen-bond donors (Lipinski definition) is 0. The lowest BCUT2D eigenvalue weighted by Crippen LogP contribution is -2.43. The maximum atomic E-state index is 12.4. The van der Waals surface area contributed by atoms with E-state index in [4.69, 9.17) is 0 Å². The van der Waals surface area contributed by atoms with Gasteiger partial charge in [0.1, 0.15) is 5.78 Å². The van der Waals surface area contributed by atoms with Gasteiger partial charge in [0.15, 0.2) is 5.78 Å². The van der Waals surface area contributed by atoms with Crippen LogP contribution in [-0.4, -0.2) is 11.6 Å². The summed E-state index contributed by atoms with van der Waals surface area (Å²) in [5, 5.41) is 0. The Morgan fingerprint density at radius 2 is 1.95 bits per heavy atom. The highest BCUT2D eigenvalue weighted by atomic mass is 16.1. The molecule has 5 unspecified atom stereocenters. The zero-order chi connectivity index (χ0) is 16.1. The molecule has 0 amide bonds. The first-order valence-corrected chi connectivity index (χ1v) is 8.79. The molecule has 0 aliphatic heterocycles. The quantitative estimate of drug-likeness (QED) is 0.752. The summed E-state index contributed by atoms with van der Waals surface area (Å²) in [6, 6.07) is 0. The third-order valence-corrected chi connectivity index (χ3v) is 7.28. The maximum absolute atomic E-state index is 12.4. The Morgan fingerprint density at radius 3 is 2.64 bits per heavy atom. The smallest absolute Gasteiger partial charge is 0.156 e. The van der Waals surface area contributed by atoms with E-state index in [2.05, 4.69) is 39.8 Å². The molecule has 5 atom stereocenters. The average Bonchev–Trinajstić information content (AvgIpc) is 2.79. The molecule has 2 nitrogen and oxygen atoms in total. The van der Waals surface area contributed by atoms with E-state index in [0.29, 0.717) is 30.0 Å². The summed E-state index contributed by atoms with van der Waals surface area (Å²) in [6.07, 6.45) is 10.6. The Balaban J connectivity index is 1.97. The van der Waals surface area contributed by atoms with Crippen molar-refractivity contribution in [1.29, 1.82) is 0 Å². The first kappa shape index (κ1) is 15.7. The van der Waals surface area contributed by atoms with Gasteiger partial charge >= 0.3 is 0 Å². The molecule has 0 N–H and O–H groups in total. The summed E-state index contributed by atoms with van der Waals surface area (Å²) in [6.45, 7) is 8.97. The molecule has 0 radical (unpaired) electrons. The summed E-state index contributed by atoms with van der Waals surface area (Å²) in [4.78, 5) is 24.2. The van der Waals surface area contributed by atoms with Gasteiger partial charge in [-0.1, -0.05) is 39.8 Å². The van der Waals surface area contributed by atoms with Crippen LogP contribution >= 0.6 is 0 Å². The predicted molar refractivity (Wildman–Crippen MR) is 88.4 cm³/mol. The van der Waals surface area contributed by atoms with E-state index in [1.165, 1.54) is 5.57 Å². The minimum atomic E-state index is -0.161. The second-order valence-electron chi connectivity index (χ2n) is 8.05. The van der Waals surface area contributed by atoms with Crippen LogP contribution in [0.1, 0.15) is 59.8 Å². The highest BCUT2D eigenvalue weighted by molar-refractivity contribution is 5.92. The molecule has 120 valence electrons. The normalized spacial score (nSPS) is 44.9. The SMILES string of the molecule is CCC1(C)C(=O)CCC1C1C=CC2=CC(=O)CCC2(C)C1C. The van der Waals surface area contributed by atoms with Crippen molar-refractivity contribution in [3.8, 4) is 0 Å². The third-order valence-electron chi connectivity index (χ3n) is 7.28. The summed E-state index contributed by atoms with van der Waals surface area (Å²) in [7, 11) is 0. The third kappa shape index (κ3) is 2.06. The molecule has 1 saturated carbocycles.